The summed E-state index contributed by atoms with van der Waals surface area (Å²) < 4.78 is 5.26. The lowest BCUT2D eigenvalue weighted by molar-refractivity contribution is -0.133. The predicted octanol–water partition coefficient (Wildman–Crippen LogP) is 4.49. The topological polar surface area (TPSA) is 50.1 Å². The van der Waals surface area contributed by atoms with E-state index in [2.05, 4.69) is 6.07 Å². The van der Waals surface area contributed by atoms with E-state index >= 15 is 0 Å². The van der Waals surface area contributed by atoms with Crippen LogP contribution in [-0.4, -0.2) is 5.97 Å². The highest BCUT2D eigenvalue weighted by atomic mass is 16.5. The minimum absolute atomic E-state index is 0.268. The molecular formula is C19H17NO2. The number of ether oxygens (including phenoxy) is 1. The quantitative estimate of drug-likeness (QED) is 0.463. The summed E-state index contributed by atoms with van der Waals surface area (Å²) in [6.07, 6.45) is 4.94. The molecule has 2 rings (SSSR count). The highest BCUT2D eigenvalue weighted by Crippen LogP contribution is 2.23. The van der Waals surface area contributed by atoms with Crippen molar-refractivity contribution in [1.29, 1.82) is 5.26 Å². The van der Waals surface area contributed by atoms with Gasteiger partial charge < -0.3 is 4.74 Å². The molecule has 22 heavy (non-hydrogen) atoms. The third-order valence-corrected chi connectivity index (χ3v) is 3.12. The maximum atomic E-state index is 11.6. The molecule has 0 aliphatic rings. The summed E-state index contributed by atoms with van der Waals surface area (Å²) in [6.45, 7) is 2.02. The Labute approximate surface area is 130 Å². The van der Waals surface area contributed by atoms with Crippen LogP contribution in [0, 0.1) is 11.3 Å². The van der Waals surface area contributed by atoms with Crippen LogP contribution in [0.1, 0.15) is 25.3 Å². The summed E-state index contributed by atoms with van der Waals surface area (Å²) in [7, 11) is 0. The van der Waals surface area contributed by atoms with Gasteiger partial charge in [-0.3, -0.25) is 4.79 Å². The Kier molecular flexibility index (Phi) is 5.50. The molecule has 3 heteroatoms. The van der Waals surface area contributed by atoms with Crippen LogP contribution in [0.25, 0.3) is 11.1 Å². The summed E-state index contributed by atoms with van der Waals surface area (Å²) in [6, 6.07) is 16.8. The van der Waals surface area contributed by atoms with E-state index in [-0.39, 0.29) is 12.4 Å². The van der Waals surface area contributed by atoms with Crippen molar-refractivity contribution in [2.24, 2.45) is 0 Å². The number of hydrogen-bond donors (Lipinski definition) is 0. The van der Waals surface area contributed by atoms with Gasteiger partial charge >= 0.3 is 5.97 Å². The molecule has 0 radical (unpaired) electrons. The monoisotopic (exact) mass is 291 g/mol. The molecule has 0 saturated carbocycles. The molecule has 2 aromatic rings. The van der Waals surface area contributed by atoms with Crippen LogP contribution in [0.2, 0.25) is 0 Å². The van der Waals surface area contributed by atoms with Crippen LogP contribution in [0.3, 0.4) is 0 Å². The third kappa shape index (κ3) is 4.32. The fourth-order valence-electron chi connectivity index (χ4n) is 1.97. The van der Waals surface area contributed by atoms with Crippen LogP contribution < -0.4 is 4.74 Å². The predicted molar refractivity (Wildman–Crippen MR) is 86.3 cm³/mol. The normalized spacial score (nSPS) is 10.4. The smallest absolute Gasteiger partial charge is 0.315 e. The van der Waals surface area contributed by atoms with Crippen molar-refractivity contribution in [2.75, 3.05) is 0 Å². The van der Waals surface area contributed by atoms with Gasteiger partial charge in [0.2, 0.25) is 0 Å². The number of nitriles is 1. The van der Waals surface area contributed by atoms with E-state index in [0.29, 0.717) is 11.3 Å². The lowest BCUT2D eigenvalue weighted by Crippen LogP contribution is -2.05. The molecule has 0 aliphatic carbocycles. The van der Waals surface area contributed by atoms with Gasteiger partial charge in [-0.2, -0.15) is 5.26 Å². The molecule has 0 bridgehead atoms. The summed E-state index contributed by atoms with van der Waals surface area (Å²) >= 11 is 0. The largest absolute Gasteiger partial charge is 0.426 e. The van der Waals surface area contributed by atoms with E-state index in [1.807, 2.05) is 43.3 Å². The first-order valence-corrected chi connectivity index (χ1v) is 7.19. The van der Waals surface area contributed by atoms with Crippen LogP contribution in [0.5, 0.6) is 5.75 Å². The fourth-order valence-corrected chi connectivity index (χ4v) is 1.97. The second-order valence-electron chi connectivity index (χ2n) is 4.77. The van der Waals surface area contributed by atoms with Crippen molar-refractivity contribution < 1.29 is 9.53 Å². The number of hydrogen-bond acceptors (Lipinski definition) is 3. The molecule has 110 valence electrons. The SMILES string of the molecule is CC/C=C\CC(=O)Oc1ccc(-c2ccc(C#N)cc2)cc1. The first-order valence-electron chi connectivity index (χ1n) is 7.19. The van der Waals surface area contributed by atoms with Crippen LogP contribution in [0.4, 0.5) is 0 Å². The van der Waals surface area contributed by atoms with E-state index in [1.165, 1.54) is 0 Å². The summed E-state index contributed by atoms with van der Waals surface area (Å²) in [4.78, 5) is 11.6. The average Bonchev–Trinajstić information content (AvgIpc) is 2.56. The Bertz CT molecular complexity index is 692. The molecule has 0 fully saturated rings. The minimum atomic E-state index is -0.268. The number of rotatable bonds is 5. The number of benzene rings is 2. The van der Waals surface area contributed by atoms with E-state index in [4.69, 9.17) is 10.00 Å². The van der Waals surface area contributed by atoms with Gasteiger partial charge in [0.1, 0.15) is 5.75 Å². The number of carbonyl (C=O) groups is 1. The molecule has 0 amide bonds. The zero-order valence-corrected chi connectivity index (χ0v) is 12.5. The molecule has 0 aromatic heterocycles. The molecule has 0 saturated heterocycles. The molecule has 0 N–H and O–H groups in total. The summed E-state index contributed by atoms with van der Waals surface area (Å²) in [5.74, 6) is 0.267. The molecule has 0 atom stereocenters. The first-order chi connectivity index (χ1) is 10.7. The average molecular weight is 291 g/mol. The van der Waals surface area contributed by atoms with Gasteiger partial charge in [-0.15, -0.1) is 0 Å². The minimum Gasteiger partial charge on any atom is -0.426 e. The second-order valence-corrected chi connectivity index (χ2v) is 4.77. The van der Waals surface area contributed by atoms with Gasteiger partial charge in [0.25, 0.3) is 0 Å². The Morgan fingerprint density at radius 2 is 1.64 bits per heavy atom. The van der Waals surface area contributed by atoms with Crippen molar-refractivity contribution in [1.82, 2.24) is 0 Å². The fraction of sp³-hybridized carbons (Fsp3) is 0.158. The van der Waals surface area contributed by atoms with Crippen LogP contribution >= 0.6 is 0 Å². The van der Waals surface area contributed by atoms with E-state index in [1.54, 1.807) is 24.3 Å². The standard InChI is InChI=1S/C19H17NO2/c1-2-3-4-5-19(21)22-18-12-10-17(11-13-18)16-8-6-15(14-20)7-9-16/h3-4,6-13H,2,5H2,1H3/b4-3-. The zero-order valence-electron chi connectivity index (χ0n) is 12.5. The van der Waals surface area contributed by atoms with Gasteiger partial charge in [0, 0.05) is 0 Å². The number of allylic oxidation sites excluding steroid dienone is 1. The lowest BCUT2D eigenvalue weighted by atomic mass is 10.0. The van der Waals surface area contributed by atoms with Crippen molar-refractivity contribution in [3.05, 3.63) is 66.2 Å². The molecule has 0 heterocycles. The maximum absolute atomic E-state index is 11.6. The summed E-state index contributed by atoms with van der Waals surface area (Å²) in [5, 5.41) is 8.79. The molecule has 2 aromatic carbocycles. The molecule has 0 unspecified atom stereocenters. The highest BCUT2D eigenvalue weighted by molar-refractivity contribution is 5.74. The second kappa shape index (κ2) is 7.80. The Morgan fingerprint density at radius 1 is 1.05 bits per heavy atom. The Hall–Kier alpha value is -2.86. The lowest BCUT2D eigenvalue weighted by Gasteiger charge is -2.05. The van der Waals surface area contributed by atoms with Gasteiger partial charge in [-0.1, -0.05) is 43.3 Å². The number of esters is 1. The summed E-state index contributed by atoms with van der Waals surface area (Å²) in [5.41, 5.74) is 2.66. The van der Waals surface area contributed by atoms with Crippen molar-refractivity contribution in [3.8, 4) is 22.9 Å². The van der Waals surface area contributed by atoms with Gasteiger partial charge in [-0.05, 0) is 41.8 Å². The van der Waals surface area contributed by atoms with Gasteiger partial charge in [-0.25, -0.2) is 0 Å². The van der Waals surface area contributed by atoms with Crippen molar-refractivity contribution in [2.45, 2.75) is 19.8 Å². The van der Waals surface area contributed by atoms with Gasteiger partial charge in [0.05, 0.1) is 18.1 Å². The number of nitrogens with zero attached hydrogens (tertiary/aromatic N) is 1. The molecular weight excluding hydrogens is 274 g/mol. The Morgan fingerprint density at radius 3 is 2.18 bits per heavy atom. The molecule has 0 spiro atoms. The maximum Gasteiger partial charge on any atom is 0.315 e. The first kappa shape index (κ1) is 15.5. The molecule has 0 aliphatic heterocycles. The third-order valence-electron chi connectivity index (χ3n) is 3.12. The van der Waals surface area contributed by atoms with E-state index in [9.17, 15) is 4.79 Å². The Balaban J connectivity index is 2.02. The highest BCUT2D eigenvalue weighted by Gasteiger charge is 2.03. The van der Waals surface area contributed by atoms with Crippen LogP contribution in [0.15, 0.2) is 60.7 Å². The van der Waals surface area contributed by atoms with Crippen molar-refractivity contribution >= 4 is 5.97 Å². The van der Waals surface area contributed by atoms with Crippen LogP contribution in [-0.2, 0) is 4.79 Å². The van der Waals surface area contributed by atoms with Gasteiger partial charge in [0.15, 0.2) is 0 Å². The van der Waals surface area contributed by atoms with E-state index in [0.717, 1.165) is 17.5 Å². The molecule has 3 nitrogen and oxygen atoms in total. The van der Waals surface area contributed by atoms with Crippen molar-refractivity contribution in [3.63, 3.8) is 0 Å². The van der Waals surface area contributed by atoms with E-state index < -0.39 is 0 Å². The number of carbonyl (C=O) groups excluding carboxylic acids is 1. The zero-order chi connectivity index (χ0) is 15.8.